The standard InChI is InChI=1S/C26H32N4O/c1-2-3-10-15-28-21-24(20-27)26(31)30-18-16-29(17-19-30)25(22-11-6-4-7-12-22)23-13-8-5-9-14-23/h4-9,11-14,21,25,28H,2-3,10,15-19H2,1H3/b24-21-. The zero-order valence-electron chi connectivity index (χ0n) is 18.3. The summed E-state index contributed by atoms with van der Waals surface area (Å²) < 4.78 is 0. The van der Waals surface area contributed by atoms with E-state index in [0.29, 0.717) is 13.1 Å². The smallest absolute Gasteiger partial charge is 0.266 e. The maximum absolute atomic E-state index is 12.8. The Morgan fingerprint density at radius 2 is 1.58 bits per heavy atom. The van der Waals surface area contributed by atoms with E-state index < -0.39 is 0 Å². The lowest BCUT2D eigenvalue weighted by Crippen LogP contribution is -2.50. The zero-order chi connectivity index (χ0) is 21.9. The summed E-state index contributed by atoms with van der Waals surface area (Å²) in [5.41, 5.74) is 2.69. The van der Waals surface area contributed by atoms with Crippen LogP contribution in [0, 0.1) is 11.3 Å². The Bertz CT molecular complexity index is 841. The average molecular weight is 417 g/mol. The van der Waals surface area contributed by atoms with Gasteiger partial charge in [0.2, 0.25) is 0 Å². The maximum atomic E-state index is 12.8. The highest BCUT2D eigenvalue weighted by Gasteiger charge is 2.29. The first-order valence-electron chi connectivity index (χ1n) is 11.2. The summed E-state index contributed by atoms with van der Waals surface area (Å²) in [6.07, 6.45) is 4.91. The number of amides is 1. The molecule has 3 rings (SSSR count). The van der Waals surface area contributed by atoms with Crippen LogP contribution in [-0.2, 0) is 4.79 Å². The van der Waals surface area contributed by atoms with E-state index in [-0.39, 0.29) is 17.5 Å². The molecule has 0 radical (unpaired) electrons. The Balaban J connectivity index is 1.65. The van der Waals surface area contributed by atoms with Crippen molar-refractivity contribution in [2.75, 3.05) is 32.7 Å². The van der Waals surface area contributed by atoms with Crippen LogP contribution in [0.15, 0.2) is 72.4 Å². The monoisotopic (exact) mass is 416 g/mol. The molecule has 0 aliphatic carbocycles. The van der Waals surface area contributed by atoms with E-state index in [1.807, 2.05) is 12.1 Å². The highest BCUT2D eigenvalue weighted by molar-refractivity contribution is 5.97. The number of unbranched alkanes of at least 4 members (excludes halogenated alkanes) is 2. The lowest BCUT2D eigenvalue weighted by atomic mass is 9.96. The fourth-order valence-electron chi connectivity index (χ4n) is 4.03. The second-order valence-electron chi connectivity index (χ2n) is 7.88. The van der Waals surface area contributed by atoms with Crippen molar-refractivity contribution in [1.82, 2.24) is 15.1 Å². The molecule has 1 heterocycles. The van der Waals surface area contributed by atoms with E-state index in [9.17, 15) is 10.1 Å². The van der Waals surface area contributed by atoms with Crippen molar-refractivity contribution in [2.45, 2.75) is 32.2 Å². The molecule has 2 aromatic carbocycles. The summed E-state index contributed by atoms with van der Waals surface area (Å²) in [6.45, 7) is 5.70. The lowest BCUT2D eigenvalue weighted by Gasteiger charge is -2.39. The number of piperazine rings is 1. The fourth-order valence-corrected chi connectivity index (χ4v) is 4.03. The molecule has 0 unspecified atom stereocenters. The van der Waals surface area contributed by atoms with Gasteiger partial charge in [0.25, 0.3) is 5.91 Å². The third kappa shape index (κ3) is 6.19. The third-order valence-corrected chi connectivity index (χ3v) is 5.72. The van der Waals surface area contributed by atoms with E-state index in [2.05, 4.69) is 71.7 Å². The second kappa shape index (κ2) is 11.9. The highest BCUT2D eigenvalue weighted by atomic mass is 16.2. The first kappa shape index (κ1) is 22.6. The van der Waals surface area contributed by atoms with Crippen molar-refractivity contribution < 1.29 is 4.79 Å². The van der Waals surface area contributed by atoms with Gasteiger partial charge in [0.15, 0.2) is 0 Å². The highest BCUT2D eigenvalue weighted by Crippen LogP contribution is 2.29. The molecular formula is C26H32N4O. The molecule has 5 nitrogen and oxygen atoms in total. The van der Waals surface area contributed by atoms with Gasteiger partial charge in [-0.1, -0.05) is 80.4 Å². The van der Waals surface area contributed by atoms with Crippen LogP contribution in [0.3, 0.4) is 0 Å². The Morgan fingerprint density at radius 3 is 2.10 bits per heavy atom. The molecule has 0 spiro atoms. The van der Waals surface area contributed by atoms with Gasteiger partial charge in [-0.2, -0.15) is 5.26 Å². The quantitative estimate of drug-likeness (QED) is 0.380. The molecule has 1 aliphatic heterocycles. The van der Waals surface area contributed by atoms with Crippen LogP contribution >= 0.6 is 0 Å². The number of carbonyl (C=O) groups excluding carboxylic acids is 1. The molecule has 1 N–H and O–H groups in total. The van der Waals surface area contributed by atoms with Gasteiger partial charge in [0, 0.05) is 38.9 Å². The molecule has 0 aromatic heterocycles. The van der Waals surface area contributed by atoms with Gasteiger partial charge in [-0.15, -0.1) is 0 Å². The topological polar surface area (TPSA) is 59.4 Å². The van der Waals surface area contributed by atoms with Gasteiger partial charge < -0.3 is 10.2 Å². The normalized spacial score (nSPS) is 15.0. The van der Waals surface area contributed by atoms with E-state index in [0.717, 1.165) is 38.9 Å². The number of hydrogen-bond donors (Lipinski definition) is 1. The number of carbonyl (C=O) groups is 1. The van der Waals surface area contributed by atoms with E-state index in [4.69, 9.17) is 0 Å². The number of nitrogens with one attached hydrogen (secondary N) is 1. The second-order valence-corrected chi connectivity index (χ2v) is 7.88. The molecule has 0 saturated carbocycles. The van der Waals surface area contributed by atoms with Crippen molar-refractivity contribution >= 4 is 5.91 Å². The zero-order valence-corrected chi connectivity index (χ0v) is 18.3. The van der Waals surface area contributed by atoms with E-state index in [1.54, 1.807) is 11.1 Å². The summed E-state index contributed by atoms with van der Waals surface area (Å²) in [7, 11) is 0. The minimum absolute atomic E-state index is 0.158. The summed E-state index contributed by atoms with van der Waals surface area (Å²) in [5, 5.41) is 12.6. The molecule has 1 aliphatic rings. The summed E-state index contributed by atoms with van der Waals surface area (Å²) in [6, 6.07) is 23.2. The summed E-state index contributed by atoms with van der Waals surface area (Å²) >= 11 is 0. The van der Waals surface area contributed by atoms with Crippen LogP contribution in [0.2, 0.25) is 0 Å². The first-order chi connectivity index (χ1) is 15.2. The van der Waals surface area contributed by atoms with Crippen molar-refractivity contribution in [3.63, 3.8) is 0 Å². The van der Waals surface area contributed by atoms with E-state index >= 15 is 0 Å². The molecule has 1 saturated heterocycles. The lowest BCUT2D eigenvalue weighted by molar-refractivity contribution is -0.128. The predicted molar refractivity (Wildman–Crippen MR) is 124 cm³/mol. The number of nitriles is 1. The molecule has 0 atom stereocenters. The maximum Gasteiger partial charge on any atom is 0.266 e. The van der Waals surface area contributed by atoms with Crippen LogP contribution in [0.1, 0.15) is 43.4 Å². The molecule has 31 heavy (non-hydrogen) atoms. The summed E-state index contributed by atoms with van der Waals surface area (Å²) in [4.78, 5) is 17.1. The van der Waals surface area contributed by atoms with Crippen LogP contribution in [0.5, 0.6) is 0 Å². The van der Waals surface area contributed by atoms with Gasteiger partial charge in [0.1, 0.15) is 11.6 Å². The largest absolute Gasteiger partial charge is 0.390 e. The van der Waals surface area contributed by atoms with Crippen molar-refractivity contribution in [1.29, 1.82) is 5.26 Å². The number of nitrogens with zero attached hydrogens (tertiary/aromatic N) is 3. The van der Waals surface area contributed by atoms with Crippen LogP contribution in [-0.4, -0.2) is 48.4 Å². The molecule has 2 aromatic rings. The molecule has 0 bridgehead atoms. The molecule has 162 valence electrons. The molecule has 5 heteroatoms. The Labute approximate surface area is 186 Å². The molecule has 1 amide bonds. The van der Waals surface area contributed by atoms with Crippen LogP contribution in [0.4, 0.5) is 0 Å². The van der Waals surface area contributed by atoms with Crippen molar-refractivity contribution in [2.24, 2.45) is 0 Å². The van der Waals surface area contributed by atoms with Crippen molar-refractivity contribution in [3.8, 4) is 6.07 Å². The van der Waals surface area contributed by atoms with Gasteiger partial charge in [-0.3, -0.25) is 9.69 Å². The Kier molecular flexibility index (Phi) is 8.69. The first-order valence-corrected chi connectivity index (χ1v) is 11.2. The van der Waals surface area contributed by atoms with Gasteiger partial charge in [-0.25, -0.2) is 0 Å². The summed E-state index contributed by atoms with van der Waals surface area (Å²) in [5.74, 6) is -0.180. The minimum atomic E-state index is -0.180. The fraction of sp³-hybridized carbons (Fsp3) is 0.385. The number of rotatable bonds is 9. The van der Waals surface area contributed by atoms with Gasteiger partial charge in [-0.05, 0) is 17.5 Å². The SMILES string of the molecule is CCCCCN/C=C(/C#N)C(=O)N1CCN(C(c2ccccc2)c2ccccc2)CC1. The van der Waals surface area contributed by atoms with Crippen molar-refractivity contribution in [3.05, 3.63) is 83.6 Å². The number of hydrogen-bond acceptors (Lipinski definition) is 4. The van der Waals surface area contributed by atoms with Gasteiger partial charge in [0.05, 0.1) is 6.04 Å². The third-order valence-electron chi connectivity index (χ3n) is 5.72. The van der Waals surface area contributed by atoms with Crippen LogP contribution < -0.4 is 5.32 Å². The average Bonchev–Trinajstić information content (AvgIpc) is 2.83. The molecular weight excluding hydrogens is 384 g/mol. The van der Waals surface area contributed by atoms with E-state index in [1.165, 1.54) is 11.1 Å². The molecule has 1 fully saturated rings. The predicted octanol–water partition coefficient (Wildman–Crippen LogP) is 4.11. The minimum Gasteiger partial charge on any atom is -0.390 e. The Hall–Kier alpha value is -3.10. The van der Waals surface area contributed by atoms with Gasteiger partial charge >= 0.3 is 0 Å². The number of benzene rings is 2. The Morgan fingerprint density at radius 1 is 1.00 bits per heavy atom. The van der Waals surface area contributed by atoms with Crippen LogP contribution in [0.25, 0.3) is 0 Å².